The number of piperidine rings is 1. The molecule has 0 unspecified atom stereocenters. The zero-order valence-electron chi connectivity index (χ0n) is 16.5. The SMILES string of the molecule is O=C(Cc1cccc(Cl)c1)N1C[C@@H]2C[C@H](C1)c1cc(-c3ccccn3)cc(=O)n1C2. The molecule has 2 atom stereocenters. The number of hydrogen-bond acceptors (Lipinski definition) is 3. The second-order valence-corrected chi connectivity index (χ2v) is 8.67. The van der Waals surface area contributed by atoms with Crippen LogP contribution in [0.15, 0.2) is 65.6 Å². The summed E-state index contributed by atoms with van der Waals surface area (Å²) in [7, 11) is 0. The highest BCUT2D eigenvalue weighted by atomic mass is 35.5. The molecule has 0 aliphatic carbocycles. The minimum absolute atomic E-state index is 0.0153. The number of rotatable bonds is 3. The molecule has 152 valence electrons. The van der Waals surface area contributed by atoms with E-state index < -0.39 is 0 Å². The summed E-state index contributed by atoms with van der Waals surface area (Å²) in [4.78, 5) is 32.2. The van der Waals surface area contributed by atoms with Crippen LogP contribution in [0, 0.1) is 5.92 Å². The first-order valence-electron chi connectivity index (χ1n) is 10.3. The van der Waals surface area contributed by atoms with E-state index >= 15 is 0 Å². The normalized spacial score (nSPS) is 20.0. The van der Waals surface area contributed by atoms with Gasteiger partial charge in [0.15, 0.2) is 0 Å². The first-order valence-corrected chi connectivity index (χ1v) is 10.6. The highest BCUT2D eigenvalue weighted by Gasteiger charge is 2.36. The Morgan fingerprint density at radius 3 is 2.77 bits per heavy atom. The van der Waals surface area contributed by atoms with Crippen molar-refractivity contribution in [2.45, 2.75) is 25.3 Å². The van der Waals surface area contributed by atoms with Crippen LogP contribution in [0.2, 0.25) is 5.02 Å². The highest BCUT2D eigenvalue weighted by Crippen LogP contribution is 2.36. The molecular weight excluding hydrogens is 398 g/mol. The van der Waals surface area contributed by atoms with E-state index in [1.807, 2.05) is 51.9 Å². The number of amides is 1. The van der Waals surface area contributed by atoms with Gasteiger partial charge in [0.25, 0.3) is 5.56 Å². The molecule has 0 radical (unpaired) electrons. The summed E-state index contributed by atoms with van der Waals surface area (Å²) in [5.74, 6) is 0.582. The van der Waals surface area contributed by atoms with E-state index in [2.05, 4.69) is 11.1 Å². The lowest BCUT2D eigenvalue weighted by Crippen LogP contribution is -2.49. The van der Waals surface area contributed by atoms with Crippen LogP contribution < -0.4 is 5.56 Å². The van der Waals surface area contributed by atoms with Gasteiger partial charge in [-0.25, -0.2) is 0 Å². The number of fused-ring (bicyclic) bond motifs is 4. The minimum Gasteiger partial charge on any atom is -0.341 e. The van der Waals surface area contributed by atoms with Crippen LogP contribution in [0.25, 0.3) is 11.3 Å². The number of halogens is 1. The maximum Gasteiger partial charge on any atom is 0.251 e. The van der Waals surface area contributed by atoms with Gasteiger partial charge in [-0.1, -0.05) is 29.8 Å². The molecule has 3 aromatic rings. The van der Waals surface area contributed by atoms with E-state index in [1.165, 1.54) is 0 Å². The van der Waals surface area contributed by atoms with Crippen LogP contribution in [-0.4, -0.2) is 33.4 Å². The molecule has 5 nitrogen and oxygen atoms in total. The first kappa shape index (κ1) is 19.1. The van der Waals surface area contributed by atoms with Gasteiger partial charge in [0.05, 0.1) is 12.1 Å². The Kier molecular flexibility index (Phi) is 4.91. The maximum atomic E-state index is 13.0. The highest BCUT2D eigenvalue weighted by molar-refractivity contribution is 6.30. The molecule has 4 heterocycles. The molecule has 5 rings (SSSR count). The second-order valence-electron chi connectivity index (χ2n) is 8.24. The van der Waals surface area contributed by atoms with E-state index in [-0.39, 0.29) is 17.4 Å². The summed E-state index contributed by atoms with van der Waals surface area (Å²) in [6, 6.07) is 16.9. The van der Waals surface area contributed by atoms with Gasteiger partial charge in [-0.05, 0) is 48.2 Å². The Balaban J connectivity index is 1.41. The predicted molar refractivity (Wildman–Crippen MR) is 117 cm³/mol. The quantitative estimate of drug-likeness (QED) is 0.649. The molecule has 2 bridgehead atoms. The van der Waals surface area contributed by atoms with Crippen molar-refractivity contribution >= 4 is 17.5 Å². The number of hydrogen-bond donors (Lipinski definition) is 0. The van der Waals surface area contributed by atoms with Gasteiger partial charge in [-0.2, -0.15) is 0 Å². The van der Waals surface area contributed by atoms with E-state index in [0.717, 1.165) is 28.9 Å². The van der Waals surface area contributed by atoms with Crippen molar-refractivity contribution in [3.8, 4) is 11.3 Å². The first-order chi connectivity index (χ1) is 14.6. The third-order valence-electron chi connectivity index (χ3n) is 6.11. The Morgan fingerprint density at radius 2 is 1.97 bits per heavy atom. The lowest BCUT2D eigenvalue weighted by atomic mass is 9.82. The van der Waals surface area contributed by atoms with Crippen molar-refractivity contribution < 1.29 is 4.79 Å². The van der Waals surface area contributed by atoms with E-state index in [4.69, 9.17) is 11.6 Å². The second kappa shape index (κ2) is 7.73. The Hall–Kier alpha value is -2.92. The molecule has 30 heavy (non-hydrogen) atoms. The molecule has 6 heteroatoms. The predicted octanol–water partition coefficient (Wildman–Crippen LogP) is 3.75. The van der Waals surface area contributed by atoms with Crippen LogP contribution in [0.3, 0.4) is 0 Å². The number of likely N-dealkylation sites (tertiary alicyclic amines) is 1. The monoisotopic (exact) mass is 419 g/mol. The van der Waals surface area contributed by atoms with Gasteiger partial charge in [0, 0.05) is 54.1 Å². The topological polar surface area (TPSA) is 55.2 Å². The van der Waals surface area contributed by atoms with Crippen molar-refractivity contribution in [1.82, 2.24) is 14.5 Å². The van der Waals surface area contributed by atoms with Gasteiger partial charge in [-0.15, -0.1) is 0 Å². The van der Waals surface area contributed by atoms with Crippen molar-refractivity contribution in [2.24, 2.45) is 5.92 Å². The van der Waals surface area contributed by atoms with E-state index in [1.54, 1.807) is 12.3 Å². The molecule has 1 fully saturated rings. The Labute approximate surface area is 179 Å². The third-order valence-corrected chi connectivity index (χ3v) is 6.35. The van der Waals surface area contributed by atoms with Crippen LogP contribution in [0.5, 0.6) is 0 Å². The largest absolute Gasteiger partial charge is 0.341 e. The van der Waals surface area contributed by atoms with Gasteiger partial charge >= 0.3 is 0 Å². The van der Waals surface area contributed by atoms with Crippen molar-refractivity contribution in [1.29, 1.82) is 0 Å². The van der Waals surface area contributed by atoms with Crippen molar-refractivity contribution in [3.63, 3.8) is 0 Å². The fraction of sp³-hybridized carbons (Fsp3) is 0.292. The maximum absolute atomic E-state index is 13.0. The summed E-state index contributed by atoms with van der Waals surface area (Å²) < 4.78 is 1.89. The minimum atomic E-state index is 0.0153. The Morgan fingerprint density at radius 1 is 1.07 bits per heavy atom. The van der Waals surface area contributed by atoms with Gasteiger partial charge in [-0.3, -0.25) is 14.6 Å². The van der Waals surface area contributed by atoms with Crippen LogP contribution >= 0.6 is 11.6 Å². The molecule has 1 amide bonds. The molecule has 2 aliphatic heterocycles. The fourth-order valence-electron chi connectivity index (χ4n) is 4.78. The average molecular weight is 420 g/mol. The molecular formula is C24H22ClN3O2. The number of carbonyl (C=O) groups excluding carboxylic acids is 1. The molecule has 2 aliphatic rings. The number of benzene rings is 1. The molecule has 0 spiro atoms. The van der Waals surface area contributed by atoms with Crippen LogP contribution in [0.4, 0.5) is 0 Å². The molecule has 0 saturated carbocycles. The molecule has 1 saturated heterocycles. The zero-order valence-corrected chi connectivity index (χ0v) is 17.3. The zero-order chi connectivity index (χ0) is 20.7. The lowest BCUT2D eigenvalue weighted by molar-refractivity contribution is -0.133. The average Bonchev–Trinajstić information content (AvgIpc) is 2.75. The lowest BCUT2D eigenvalue weighted by Gasteiger charge is -2.43. The van der Waals surface area contributed by atoms with E-state index in [0.29, 0.717) is 37.0 Å². The van der Waals surface area contributed by atoms with Crippen molar-refractivity contribution in [3.05, 3.63) is 87.4 Å². The number of aromatic nitrogens is 2. The Bertz CT molecular complexity index is 1160. The summed E-state index contributed by atoms with van der Waals surface area (Å²) in [6.07, 6.45) is 3.09. The molecule has 2 aromatic heterocycles. The van der Waals surface area contributed by atoms with Crippen molar-refractivity contribution in [2.75, 3.05) is 13.1 Å². The number of carbonyl (C=O) groups is 1. The molecule has 1 aromatic carbocycles. The van der Waals surface area contributed by atoms with Crippen LogP contribution in [-0.2, 0) is 17.8 Å². The van der Waals surface area contributed by atoms with Gasteiger partial charge in [0.2, 0.25) is 5.91 Å². The number of nitrogens with zero attached hydrogens (tertiary/aromatic N) is 3. The fourth-order valence-corrected chi connectivity index (χ4v) is 4.99. The number of pyridine rings is 2. The molecule has 0 N–H and O–H groups in total. The summed E-state index contributed by atoms with van der Waals surface area (Å²) in [6.45, 7) is 2.00. The smallest absolute Gasteiger partial charge is 0.251 e. The van der Waals surface area contributed by atoms with Crippen LogP contribution in [0.1, 0.15) is 23.6 Å². The van der Waals surface area contributed by atoms with Gasteiger partial charge in [0.1, 0.15) is 0 Å². The summed E-state index contributed by atoms with van der Waals surface area (Å²) in [5, 5.41) is 0.645. The van der Waals surface area contributed by atoms with Gasteiger partial charge < -0.3 is 9.47 Å². The third kappa shape index (κ3) is 3.65. The standard InChI is InChI=1S/C24H22ClN3O2/c25-20-5-3-4-16(9-20)10-23(29)27-13-17-8-19(15-27)22-11-18(12-24(30)28(22)14-17)21-6-1-2-7-26-21/h1-7,9,11-12,17,19H,8,10,13-15H2/t17-,19+/m0/s1. The summed E-state index contributed by atoms with van der Waals surface area (Å²) in [5.41, 5.74) is 3.59. The van der Waals surface area contributed by atoms with E-state index in [9.17, 15) is 9.59 Å². The summed E-state index contributed by atoms with van der Waals surface area (Å²) >= 11 is 6.07.